The molecule has 0 atom stereocenters. The largest absolute Gasteiger partial charge is 0.433 e. The summed E-state index contributed by atoms with van der Waals surface area (Å²) in [6, 6.07) is 1.89. The van der Waals surface area contributed by atoms with Gasteiger partial charge in [-0.05, 0) is 49.6 Å². The van der Waals surface area contributed by atoms with Crippen molar-refractivity contribution in [1.29, 1.82) is 0 Å². The van der Waals surface area contributed by atoms with Gasteiger partial charge in [0.1, 0.15) is 10.6 Å². The van der Waals surface area contributed by atoms with Crippen LogP contribution in [0.25, 0.3) is 0 Å². The molecule has 1 aromatic heterocycles. The Hall–Kier alpha value is -1.21. The molecule has 0 unspecified atom stereocenters. The number of thiophene rings is 1. The molecule has 1 saturated carbocycles. The molecule has 1 saturated heterocycles. The van der Waals surface area contributed by atoms with Gasteiger partial charge in [0.05, 0.1) is 0 Å². The van der Waals surface area contributed by atoms with Crippen molar-refractivity contribution in [3.05, 3.63) is 16.3 Å². The van der Waals surface area contributed by atoms with Gasteiger partial charge in [-0.3, -0.25) is 4.79 Å². The highest BCUT2D eigenvalue weighted by Gasteiger charge is 2.28. The van der Waals surface area contributed by atoms with E-state index in [4.69, 9.17) is 0 Å². The number of hydrogen-bond acceptors (Lipinski definition) is 4. The van der Waals surface area contributed by atoms with Crippen LogP contribution in [0.3, 0.4) is 0 Å². The fourth-order valence-electron chi connectivity index (χ4n) is 2.73. The van der Waals surface area contributed by atoms with Gasteiger partial charge in [0.15, 0.2) is 0 Å². The number of hydrogen-bond donors (Lipinski definition) is 1. The first-order chi connectivity index (χ1) is 10.6. The van der Waals surface area contributed by atoms with Crippen LogP contribution in [0.15, 0.2) is 11.4 Å². The zero-order valence-electron chi connectivity index (χ0n) is 12.3. The minimum absolute atomic E-state index is 0.0148. The third kappa shape index (κ3) is 3.95. The minimum Gasteiger partial charge on any atom is -0.433 e. The van der Waals surface area contributed by atoms with Crippen molar-refractivity contribution in [3.8, 4) is 5.75 Å². The van der Waals surface area contributed by atoms with Crippen molar-refractivity contribution in [2.24, 2.45) is 5.92 Å². The second kappa shape index (κ2) is 6.91. The molecule has 2 fully saturated rings. The number of likely N-dealkylation sites (tertiary alicyclic amines) is 1. The van der Waals surface area contributed by atoms with Crippen LogP contribution in [0.4, 0.5) is 8.78 Å². The van der Waals surface area contributed by atoms with E-state index in [0.717, 1.165) is 36.6 Å². The molecule has 0 radical (unpaired) electrons. The number of carbonyl (C=O) groups is 1. The van der Waals surface area contributed by atoms with Crippen LogP contribution in [0.5, 0.6) is 5.75 Å². The van der Waals surface area contributed by atoms with E-state index in [1.807, 2.05) is 0 Å². The second-order valence-electron chi connectivity index (χ2n) is 5.91. The summed E-state index contributed by atoms with van der Waals surface area (Å²) in [5.41, 5.74) is 0. The summed E-state index contributed by atoms with van der Waals surface area (Å²) in [5.74, 6) is 0.630. The van der Waals surface area contributed by atoms with Crippen molar-refractivity contribution < 1.29 is 18.3 Å². The Morgan fingerprint density at radius 2 is 2.09 bits per heavy atom. The van der Waals surface area contributed by atoms with Crippen molar-refractivity contribution >= 4 is 17.2 Å². The molecular weight excluding hydrogens is 310 g/mol. The monoisotopic (exact) mass is 330 g/mol. The van der Waals surface area contributed by atoms with Gasteiger partial charge in [-0.2, -0.15) is 8.78 Å². The first-order valence-corrected chi connectivity index (χ1v) is 8.56. The maximum Gasteiger partial charge on any atom is 0.387 e. The van der Waals surface area contributed by atoms with Gasteiger partial charge in [-0.25, -0.2) is 0 Å². The fraction of sp³-hybridized carbons (Fsp3) is 0.667. The van der Waals surface area contributed by atoms with Gasteiger partial charge in [0.25, 0.3) is 5.91 Å². The predicted octanol–water partition coefficient (Wildman–Crippen LogP) is 2.95. The Balaban J connectivity index is 1.51. The first kappa shape index (κ1) is 15.7. The first-order valence-electron chi connectivity index (χ1n) is 7.68. The van der Waals surface area contributed by atoms with Gasteiger partial charge in [0.2, 0.25) is 0 Å². The average Bonchev–Trinajstić information content (AvgIpc) is 3.23. The zero-order valence-corrected chi connectivity index (χ0v) is 13.1. The summed E-state index contributed by atoms with van der Waals surface area (Å²) >= 11 is 1.15. The highest BCUT2D eigenvalue weighted by Crippen LogP contribution is 2.30. The van der Waals surface area contributed by atoms with Crippen LogP contribution in [0.1, 0.15) is 35.4 Å². The quantitative estimate of drug-likeness (QED) is 0.872. The zero-order chi connectivity index (χ0) is 15.5. The standard InChI is InChI=1S/C15H20F2N2O2S/c16-15(17)21-12-5-8-22-13(12)14(20)19-6-3-11(4-7-19)18-9-10-1-2-10/h5,8,10-11,15,18H,1-4,6-7,9H2. The van der Waals surface area contributed by atoms with Crippen LogP contribution in [-0.2, 0) is 0 Å². The van der Waals surface area contributed by atoms with Crippen LogP contribution >= 0.6 is 11.3 Å². The number of piperidine rings is 1. The van der Waals surface area contributed by atoms with Crippen molar-refractivity contribution in [2.75, 3.05) is 19.6 Å². The molecule has 1 amide bonds. The minimum atomic E-state index is -2.90. The van der Waals surface area contributed by atoms with Gasteiger partial charge in [0, 0.05) is 19.1 Å². The molecule has 7 heteroatoms. The van der Waals surface area contributed by atoms with Crippen LogP contribution in [-0.4, -0.2) is 43.1 Å². The molecule has 1 N–H and O–H groups in total. The van der Waals surface area contributed by atoms with E-state index in [1.165, 1.54) is 18.9 Å². The molecule has 1 aliphatic carbocycles. The molecule has 2 aliphatic rings. The van der Waals surface area contributed by atoms with E-state index in [9.17, 15) is 13.6 Å². The van der Waals surface area contributed by atoms with Gasteiger partial charge in [-0.15, -0.1) is 11.3 Å². The molecule has 2 heterocycles. The predicted molar refractivity (Wildman–Crippen MR) is 80.6 cm³/mol. The maximum absolute atomic E-state index is 12.4. The molecule has 4 nitrogen and oxygen atoms in total. The number of nitrogens with one attached hydrogen (secondary N) is 1. The SMILES string of the molecule is O=C(c1sccc1OC(F)F)N1CCC(NCC2CC2)CC1. The molecule has 1 aliphatic heterocycles. The van der Waals surface area contributed by atoms with Gasteiger partial charge in [-0.1, -0.05) is 0 Å². The highest BCUT2D eigenvalue weighted by molar-refractivity contribution is 7.12. The number of amides is 1. The van der Waals surface area contributed by atoms with E-state index in [2.05, 4.69) is 10.1 Å². The summed E-state index contributed by atoms with van der Waals surface area (Å²) in [6.45, 7) is -0.505. The number of carbonyl (C=O) groups excluding carboxylic acids is 1. The molecule has 1 aromatic rings. The number of ether oxygens (including phenoxy) is 1. The Labute approximate surface area is 132 Å². The Kier molecular flexibility index (Phi) is 4.93. The van der Waals surface area contributed by atoms with Crippen molar-refractivity contribution in [1.82, 2.24) is 10.2 Å². The average molecular weight is 330 g/mol. The van der Waals surface area contributed by atoms with E-state index in [1.54, 1.807) is 10.3 Å². The highest BCUT2D eigenvalue weighted by atomic mass is 32.1. The Bertz CT molecular complexity index is 511. The Morgan fingerprint density at radius 3 is 2.73 bits per heavy atom. The van der Waals surface area contributed by atoms with E-state index >= 15 is 0 Å². The van der Waals surface area contributed by atoms with E-state index in [-0.39, 0.29) is 16.5 Å². The second-order valence-corrected chi connectivity index (χ2v) is 6.83. The lowest BCUT2D eigenvalue weighted by Crippen LogP contribution is -2.45. The lowest BCUT2D eigenvalue weighted by atomic mass is 10.0. The van der Waals surface area contributed by atoms with Crippen molar-refractivity contribution in [2.45, 2.75) is 38.3 Å². The number of halogens is 2. The summed E-state index contributed by atoms with van der Waals surface area (Å²) < 4.78 is 29.1. The molecule has 0 bridgehead atoms. The summed E-state index contributed by atoms with van der Waals surface area (Å²) in [7, 11) is 0. The molecule has 22 heavy (non-hydrogen) atoms. The smallest absolute Gasteiger partial charge is 0.387 e. The van der Waals surface area contributed by atoms with Gasteiger partial charge < -0.3 is 15.0 Å². The summed E-state index contributed by atoms with van der Waals surface area (Å²) in [4.78, 5) is 14.4. The number of alkyl halides is 2. The van der Waals surface area contributed by atoms with E-state index in [0.29, 0.717) is 19.1 Å². The number of rotatable bonds is 6. The van der Waals surface area contributed by atoms with Crippen LogP contribution < -0.4 is 10.1 Å². The molecule has 0 spiro atoms. The van der Waals surface area contributed by atoms with E-state index < -0.39 is 6.61 Å². The molecule has 3 rings (SSSR count). The molecule has 122 valence electrons. The summed E-state index contributed by atoms with van der Waals surface area (Å²) in [5, 5.41) is 5.16. The lowest BCUT2D eigenvalue weighted by Gasteiger charge is -2.32. The normalized spacial score (nSPS) is 19.7. The fourth-order valence-corrected chi connectivity index (χ4v) is 3.52. The third-order valence-corrected chi connectivity index (χ3v) is 5.10. The summed E-state index contributed by atoms with van der Waals surface area (Å²) in [6.07, 6.45) is 4.48. The van der Waals surface area contributed by atoms with Crippen LogP contribution in [0.2, 0.25) is 0 Å². The third-order valence-electron chi connectivity index (χ3n) is 4.21. The maximum atomic E-state index is 12.4. The lowest BCUT2D eigenvalue weighted by molar-refractivity contribution is -0.0499. The Morgan fingerprint density at radius 1 is 1.36 bits per heavy atom. The molecule has 0 aromatic carbocycles. The topological polar surface area (TPSA) is 41.6 Å². The van der Waals surface area contributed by atoms with Gasteiger partial charge >= 0.3 is 6.61 Å². The van der Waals surface area contributed by atoms with Crippen molar-refractivity contribution in [3.63, 3.8) is 0 Å². The number of nitrogens with zero attached hydrogens (tertiary/aromatic N) is 1. The molecular formula is C15H20F2N2O2S. The van der Waals surface area contributed by atoms with Crippen LogP contribution in [0, 0.1) is 5.92 Å².